The third-order valence-corrected chi connectivity index (χ3v) is 4.84. The molecule has 0 amide bonds. The molecule has 0 unspecified atom stereocenters. The summed E-state index contributed by atoms with van der Waals surface area (Å²) in [6.07, 6.45) is 4.77. The first-order chi connectivity index (χ1) is 13.1. The van der Waals surface area contributed by atoms with Crippen molar-refractivity contribution in [1.29, 1.82) is 0 Å². The summed E-state index contributed by atoms with van der Waals surface area (Å²) >= 11 is 0. The maximum atomic E-state index is 10.5. The van der Waals surface area contributed by atoms with Crippen molar-refractivity contribution < 1.29 is 14.6 Å². The molecule has 1 aliphatic rings. The Hall–Kier alpha value is -1.06. The number of rotatable bonds is 10. The zero-order valence-corrected chi connectivity index (χ0v) is 19.8. The molecule has 6 nitrogen and oxygen atoms in total. The summed E-state index contributed by atoms with van der Waals surface area (Å²) < 4.78 is 11.0. The normalized spacial score (nSPS) is 15.8. The van der Waals surface area contributed by atoms with Crippen LogP contribution in [0.25, 0.3) is 0 Å². The standard InChI is InChI=1S/C21H35N3O3.HI/c1-4-22-20(24-16-21(25)10-5-6-11-21)23-15-18-9-8-17(2)14-19(18)27-13-7-12-26-3;/h8-9,14,25H,4-7,10-13,15-16H2,1-3H3,(H2,22,23,24);1H. The molecule has 2 rings (SSSR count). The highest BCUT2D eigenvalue weighted by molar-refractivity contribution is 14.0. The Labute approximate surface area is 186 Å². The molecule has 0 heterocycles. The smallest absolute Gasteiger partial charge is 0.191 e. The number of hydrogen-bond donors (Lipinski definition) is 3. The lowest BCUT2D eigenvalue weighted by molar-refractivity contribution is 0.0522. The van der Waals surface area contributed by atoms with Crippen LogP contribution in [-0.2, 0) is 11.3 Å². The second-order valence-corrected chi connectivity index (χ2v) is 7.29. The number of aliphatic imine (C=N–C) groups is 1. The first-order valence-corrected chi connectivity index (χ1v) is 10.0. The maximum absolute atomic E-state index is 10.5. The van der Waals surface area contributed by atoms with Gasteiger partial charge in [0, 0.05) is 38.8 Å². The molecule has 1 aromatic carbocycles. The third-order valence-electron chi connectivity index (χ3n) is 4.84. The van der Waals surface area contributed by atoms with Gasteiger partial charge in [-0.15, -0.1) is 24.0 Å². The molecule has 0 saturated heterocycles. The van der Waals surface area contributed by atoms with Crippen LogP contribution in [0.1, 0.15) is 50.2 Å². The van der Waals surface area contributed by atoms with E-state index in [-0.39, 0.29) is 24.0 Å². The van der Waals surface area contributed by atoms with Gasteiger partial charge in [0.15, 0.2) is 5.96 Å². The van der Waals surface area contributed by atoms with Crippen molar-refractivity contribution in [2.45, 2.75) is 58.1 Å². The van der Waals surface area contributed by atoms with Crippen molar-refractivity contribution in [2.24, 2.45) is 4.99 Å². The molecule has 0 aliphatic heterocycles. The van der Waals surface area contributed by atoms with Crippen LogP contribution in [0.5, 0.6) is 5.75 Å². The molecule has 1 fully saturated rings. The number of nitrogens with zero attached hydrogens (tertiary/aromatic N) is 1. The molecule has 3 N–H and O–H groups in total. The number of aryl methyl sites for hydroxylation is 1. The molecule has 0 spiro atoms. The molecule has 1 aromatic rings. The Morgan fingerprint density at radius 3 is 2.64 bits per heavy atom. The van der Waals surface area contributed by atoms with Gasteiger partial charge in [-0.3, -0.25) is 0 Å². The Bertz CT molecular complexity index is 605. The van der Waals surface area contributed by atoms with E-state index in [0.717, 1.165) is 61.5 Å². The lowest BCUT2D eigenvalue weighted by Crippen LogP contribution is -2.46. The minimum Gasteiger partial charge on any atom is -0.493 e. The predicted molar refractivity (Wildman–Crippen MR) is 125 cm³/mol. The molecular formula is C21H36IN3O3. The van der Waals surface area contributed by atoms with Crippen LogP contribution in [0.15, 0.2) is 23.2 Å². The van der Waals surface area contributed by atoms with Gasteiger partial charge in [-0.25, -0.2) is 4.99 Å². The van der Waals surface area contributed by atoms with Crippen LogP contribution in [0, 0.1) is 6.92 Å². The summed E-state index contributed by atoms with van der Waals surface area (Å²) in [5, 5.41) is 17.1. The van der Waals surface area contributed by atoms with Crippen molar-refractivity contribution in [2.75, 3.05) is 33.4 Å². The Kier molecular flexibility index (Phi) is 11.8. The molecule has 0 atom stereocenters. The predicted octanol–water partition coefficient (Wildman–Crippen LogP) is 3.39. The molecular weight excluding hydrogens is 469 g/mol. The van der Waals surface area contributed by atoms with E-state index in [2.05, 4.69) is 40.7 Å². The average molecular weight is 505 g/mol. The van der Waals surface area contributed by atoms with Gasteiger partial charge in [-0.1, -0.05) is 25.0 Å². The van der Waals surface area contributed by atoms with E-state index in [0.29, 0.717) is 26.3 Å². The van der Waals surface area contributed by atoms with E-state index >= 15 is 0 Å². The van der Waals surface area contributed by atoms with Gasteiger partial charge >= 0.3 is 0 Å². The largest absolute Gasteiger partial charge is 0.493 e. The van der Waals surface area contributed by atoms with Crippen LogP contribution >= 0.6 is 24.0 Å². The topological polar surface area (TPSA) is 75.1 Å². The van der Waals surface area contributed by atoms with Crippen LogP contribution in [-0.4, -0.2) is 50.1 Å². The summed E-state index contributed by atoms with van der Waals surface area (Å²) in [5.74, 6) is 1.60. The highest BCUT2D eigenvalue weighted by Crippen LogP contribution is 2.28. The zero-order chi connectivity index (χ0) is 19.5. The number of guanidine groups is 1. The van der Waals surface area contributed by atoms with Gasteiger partial charge in [0.05, 0.1) is 18.8 Å². The molecule has 0 radical (unpaired) electrons. The highest BCUT2D eigenvalue weighted by Gasteiger charge is 2.30. The van der Waals surface area contributed by atoms with E-state index in [1.807, 2.05) is 6.92 Å². The second-order valence-electron chi connectivity index (χ2n) is 7.29. The monoisotopic (exact) mass is 505 g/mol. The minimum atomic E-state index is -0.602. The van der Waals surface area contributed by atoms with Crippen molar-refractivity contribution in [3.63, 3.8) is 0 Å². The van der Waals surface area contributed by atoms with Crippen LogP contribution in [0.2, 0.25) is 0 Å². The van der Waals surface area contributed by atoms with Crippen molar-refractivity contribution in [3.05, 3.63) is 29.3 Å². The first-order valence-electron chi connectivity index (χ1n) is 10.0. The Morgan fingerprint density at radius 1 is 1.21 bits per heavy atom. The number of ether oxygens (including phenoxy) is 2. The fraction of sp³-hybridized carbons (Fsp3) is 0.667. The van der Waals surface area contributed by atoms with Crippen LogP contribution in [0.3, 0.4) is 0 Å². The number of aliphatic hydroxyl groups is 1. The van der Waals surface area contributed by atoms with E-state index in [1.165, 1.54) is 0 Å². The van der Waals surface area contributed by atoms with Crippen molar-refractivity contribution >= 4 is 29.9 Å². The second kappa shape index (κ2) is 13.2. The van der Waals surface area contributed by atoms with Gasteiger partial charge in [0.25, 0.3) is 0 Å². The molecule has 7 heteroatoms. The lowest BCUT2D eigenvalue weighted by atomic mass is 10.0. The minimum absolute atomic E-state index is 0. The number of halogens is 1. The quantitative estimate of drug-likeness (QED) is 0.197. The fourth-order valence-electron chi connectivity index (χ4n) is 3.28. The Balaban J connectivity index is 0.00000392. The van der Waals surface area contributed by atoms with Crippen LogP contribution < -0.4 is 15.4 Å². The van der Waals surface area contributed by atoms with Gasteiger partial charge in [-0.2, -0.15) is 0 Å². The van der Waals surface area contributed by atoms with Crippen molar-refractivity contribution in [3.8, 4) is 5.75 Å². The van der Waals surface area contributed by atoms with Crippen LogP contribution in [0.4, 0.5) is 0 Å². The van der Waals surface area contributed by atoms with Gasteiger partial charge < -0.3 is 25.2 Å². The lowest BCUT2D eigenvalue weighted by Gasteiger charge is -2.23. The third kappa shape index (κ3) is 8.53. The van der Waals surface area contributed by atoms with E-state index in [1.54, 1.807) is 7.11 Å². The summed E-state index contributed by atoms with van der Waals surface area (Å²) in [4.78, 5) is 4.69. The van der Waals surface area contributed by atoms with Gasteiger partial charge in [-0.05, 0) is 38.3 Å². The SMILES string of the molecule is CCNC(=NCc1ccc(C)cc1OCCCOC)NCC1(O)CCCC1.I. The zero-order valence-electron chi connectivity index (χ0n) is 17.4. The number of nitrogens with one attached hydrogen (secondary N) is 2. The summed E-state index contributed by atoms with van der Waals surface area (Å²) in [6.45, 7) is 7.25. The summed E-state index contributed by atoms with van der Waals surface area (Å²) in [5.41, 5.74) is 1.61. The number of benzene rings is 1. The maximum Gasteiger partial charge on any atom is 0.191 e. The molecule has 0 aromatic heterocycles. The van der Waals surface area contributed by atoms with E-state index in [4.69, 9.17) is 9.47 Å². The average Bonchev–Trinajstić information content (AvgIpc) is 3.09. The van der Waals surface area contributed by atoms with Gasteiger partial charge in [0.2, 0.25) is 0 Å². The van der Waals surface area contributed by atoms with E-state index in [9.17, 15) is 5.11 Å². The molecule has 28 heavy (non-hydrogen) atoms. The Morgan fingerprint density at radius 2 is 1.96 bits per heavy atom. The van der Waals surface area contributed by atoms with Crippen molar-refractivity contribution in [1.82, 2.24) is 10.6 Å². The molecule has 160 valence electrons. The fourth-order valence-corrected chi connectivity index (χ4v) is 3.28. The number of hydrogen-bond acceptors (Lipinski definition) is 4. The number of methoxy groups -OCH3 is 1. The summed E-state index contributed by atoms with van der Waals surface area (Å²) in [6, 6.07) is 6.20. The molecule has 1 aliphatic carbocycles. The van der Waals surface area contributed by atoms with E-state index < -0.39 is 5.60 Å². The summed E-state index contributed by atoms with van der Waals surface area (Å²) in [7, 11) is 1.70. The highest BCUT2D eigenvalue weighted by atomic mass is 127. The van der Waals surface area contributed by atoms with Gasteiger partial charge in [0.1, 0.15) is 5.75 Å². The first kappa shape index (κ1) is 25.0. The molecule has 1 saturated carbocycles. The molecule has 0 bridgehead atoms.